The van der Waals surface area contributed by atoms with E-state index < -0.39 is 42.7 Å². The predicted octanol–water partition coefficient (Wildman–Crippen LogP) is 0.421. The molecular weight excluding hydrogens is 435 g/mol. The molecule has 1 atom stereocenters. The lowest BCUT2D eigenvalue weighted by Gasteiger charge is -2.35. The van der Waals surface area contributed by atoms with Crippen molar-refractivity contribution in [2.24, 2.45) is 0 Å². The summed E-state index contributed by atoms with van der Waals surface area (Å²) in [6, 6.07) is 6.69. The van der Waals surface area contributed by atoms with Gasteiger partial charge in [0.15, 0.2) is 0 Å². The van der Waals surface area contributed by atoms with Crippen molar-refractivity contribution in [2.75, 3.05) is 26.2 Å². The van der Waals surface area contributed by atoms with Crippen molar-refractivity contribution in [1.29, 1.82) is 0 Å². The van der Waals surface area contributed by atoms with Gasteiger partial charge in [-0.3, -0.25) is 9.78 Å². The van der Waals surface area contributed by atoms with Gasteiger partial charge in [0.25, 0.3) is 0 Å². The van der Waals surface area contributed by atoms with E-state index in [-0.39, 0.29) is 31.1 Å². The third kappa shape index (κ3) is 4.67. The Bertz CT molecular complexity index is 1120. The van der Waals surface area contributed by atoms with Crippen LogP contribution in [-0.2, 0) is 24.8 Å². The zero-order chi connectivity index (χ0) is 21.9. The van der Waals surface area contributed by atoms with Gasteiger partial charge in [0.05, 0.1) is 6.04 Å². The lowest BCUT2D eigenvalue weighted by atomic mass is 10.2. The van der Waals surface area contributed by atoms with Crippen LogP contribution < -0.4 is 4.72 Å². The van der Waals surface area contributed by atoms with Crippen LogP contribution in [0, 0.1) is 5.82 Å². The van der Waals surface area contributed by atoms with Gasteiger partial charge in [0.2, 0.25) is 26.0 Å². The van der Waals surface area contributed by atoms with Gasteiger partial charge in [-0.25, -0.2) is 21.2 Å². The number of hydrogen-bond acceptors (Lipinski definition) is 6. The van der Waals surface area contributed by atoms with Crippen LogP contribution >= 0.6 is 0 Å². The summed E-state index contributed by atoms with van der Waals surface area (Å²) in [5.74, 6) is -1.44. The highest BCUT2D eigenvalue weighted by Crippen LogP contribution is 2.18. The van der Waals surface area contributed by atoms with Crippen LogP contribution in [0.4, 0.5) is 4.39 Å². The number of halogens is 1. The van der Waals surface area contributed by atoms with Gasteiger partial charge >= 0.3 is 0 Å². The molecule has 30 heavy (non-hydrogen) atoms. The highest BCUT2D eigenvalue weighted by Gasteiger charge is 2.33. The number of sulfonamides is 2. The molecule has 162 valence electrons. The summed E-state index contributed by atoms with van der Waals surface area (Å²) in [5, 5.41) is 0. The van der Waals surface area contributed by atoms with Crippen molar-refractivity contribution in [1.82, 2.24) is 18.9 Å². The number of pyridine rings is 1. The molecule has 1 N–H and O–H groups in total. The standard InChI is InChI=1S/C18H21FN4O5S2/c1-14(21-29(25,26)17-7-3-2-6-16(17)19)18(24)22-9-11-23(12-10-22)30(27,28)15-5-4-8-20-13-15/h2-8,13-14,21H,9-12H2,1H3/t14-/m0/s1. The van der Waals surface area contributed by atoms with Gasteiger partial charge in [0.1, 0.15) is 15.6 Å². The third-order valence-corrected chi connectivity index (χ3v) is 8.11. The average Bonchev–Trinajstić information content (AvgIpc) is 2.73. The normalized spacial score (nSPS) is 16.9. The summed E-state index contributed by atoms with van der Waals surface area (Å²) >= 11 is 0. The molecule has 2 heterocycles. The Morgan fingerprint density at radius 2 is 1.73 bits per heavy atom. The minimum atomic E-state index is -4.23. The van der Waals surface area contributed by atoms with Gasteiger partial charge in [0, 0.05) is 38.6 Å². The predicted molar refractivity (Wildman–Crippen MR) is 106 cm³/mol. The number of benzene rings is 1. The van der Waals surface area contributed by atoms with E-state index in [0.29, 0.717) is 0 Å². The van der Waals surface area contributed by atoms with Crippen molar-refractivity contribution >= 4 is 26.0 Å². The van der Waals surface area contributed by atoms with E-state index in [4.69, 9.17) is 0 Å². The number of hydrogen-bond donors (Lipinski definition) is 1. The molecule has 3 rings (SSSR count). The second-order valence-electron chi connectivity index (χ2n) is 6.69. The second-order valence-corrected chi connectivity index (χ2v) is 10.3. The van der Waals surface area contributed by atoms with Gasteiger partial charge < -0.3 is 4.90 Å². The Kier molecular flexibility index (Phi) is 6.50. The van der Waals surface area contributed by atoms with Gasteiger partial charge in [-0.1, -0.05) is 12.1 Å². The number of carbonyl (C=O) groups is 1. The lowest BCUT2D eigenvalue weighted by Crippen LogP contribution is -2.55. The van der Waals surface area contributed by atoms with Crippen LogP contribution in [0.5, 0.6) is 0 Å². The first kappa shape index (κ1) is 22.3. The largest absolute Gasteiger partial charge is 0.339 e. The summed E-state index contributed by atoms with van der Waals surface area (Å²) < 4.78 is 67.2. The Hall–Kier alpha value is -2.41. The van der Waals surface area contributed by atoms with E-state index >= 15 is 0 Å². The number of nitrogens with one attached hydrogen (secondary N) is 1. The van der Waals surface area contributed by atoms with E-state index in [1.54, 1.807) is 0 Å². The average molecular weight is 457 g/mol. The van der Waals surface area contributed by atoms with Crippen LogP contribution in [0.15, 0.2) is 58.6 Å². The molecule has 1 aromatic carbocycles. The molecule has 1 fully saturated rings. The fourth-order valence-electron chi connectivity index (χ4n) is 3.08. The highest BCUT2D eigenvalue weighted by atomic mass is 32.2. The molecule has 0 saturated carbocycles. The van der Waals surface area contributed by atoms with Crippen LogP contribution in [0.3, 0.4) is 0 Å². The molecule has 1 aliphatic heterocycles. The fraction of sp³-hybridized carbons (Fsp3) is 0.333. The molecule has 1 saturated heterocycles. The van der Waals surface area contributed by atoms with Crippen LogP contribution in [0.1, 0.15) is 6.92 Å². The Morgan fingerprint density at radius 1 is 1.07 bits per heavy atom. The second kappa shape index (κ2) is 8.76. The van der Waals surface area contributed by atoms with Crippen LogP contribution in [0.2, 0.25) is 0 Å². The maximum atomic E-state index is 13.8. The molecule has 0 aliphatic carbocycles. The molecule has 0 bridgehead atoms. The van der Waals surface area contributed by atoms with Crippen LogP contribution in [0.25, 0.3) is 0 Å². The zero-order valence-electron chi connectivity index (χ0n) is 16.1. The van der Waals surface area contributed by atoms with Gasteiger partial charge in [-0.2, -0.15) is 9.03 Å². The lowest BCUT2D eigenvalue weighted by molar-refractivity contribution is -0.133. The fourth-order valence-corrected chi connectivity index (χ4v) is 5.74. The van der Waals surface area contributed by atoms with Gasteiger partial charge in [-0.05, 0) is 31.2 Å². The highest BCUT2D eigenvalue weighted by molar-refractivity contribution is 7.89. The molecule has 0 radical (unpaired) electrons. The Labute approximate surface area is 174 Å². The van der Waals surface area contributed by atoms with Crippen molar-refractivity contribution in [2.45, 2.75) is 22.8 Å². The number of amides is 1. The van der Waals surface area contributed by atoms with Crippen molar-refractivity contribution in [3.05, 3.63) is 54.6 Å². The number of rotatable bonds is 6. The first-order valence-corrected chi connectivity index (χ1v) is 12.0. The van der Waals surface area contributed by atoms with Crippen LogP contribution in [-0.4, -0.2) is 69.2 Å². The monoisotopic (exact) mass is 456 g/mol. The summed E-state index contributed by atoms with van der Waals surface area (Å²) in [4.78, 5) is 17.4. The summed E-state index contributed by atoms with van der Waals surface area (Å²) in [7, 11) is -7.95. The first-order valence-electron chi connectivity index (χ1n) is 9.09. The maximum absolute atomic E-state index is 13.8. The minimum absolute atomic E-state index is 0.0652. The van der Waals surface area contributed by atoms with Crippen molar-refractivity contribution in [3.8, 4) is 0 Å². The van der Waals surface area contributed by atoms with E-state index in [1.807, 2.05) is 0 Å². The van der Waals surface area contributed by atoms with Gasteiger partial charge in [-0.15, -0.1) is 0 Å². The summed E-state index contributed by atoms with van der Waals surface area (Å²) in [5.41, 5.74) is 0. The number of piperazine rings is 1. The molecule has 1 aromatic heterocycles. The third-order valence-electron chi connectivity index (χ3n) is 4.65. The SMILES string of the molecule is C[C@H](NS(=O)(=O)c1ccccc1F)C(=O)N1CCN(S(=O)(=O)c2cccnc2)CC1. The molecule has 2 aromatic rings. The number of carbonyl (C=O) groups excluding carboxylic acids is 1. The topological polar surface area (TPSA) is 117 Å². The molecule has 0 spiro atoms. The smallest absolute Gasteiger partial charge is 0.244 e. The quantitative estimate of drug-likeness (QED) is 0.673. The molecule has 1 aliphatic rings. The molecule has 9 nitrogen and oxygen atoms in total. The van der Waals surface area contributed by atoms with E-state index in [0.717, 1.165) is 12.1 Å². The Balaban J connectivity index is 1.63. The minimum Gasteiger partial charge on any atom is -0.339 e. The first-order chi connectivity index (χ1) is 14.1. The van der Waals surface area contributed by atoms with E-state index in [1.165, 1.54) is 52.8 Å². The zero-order valence-corrected chi connectivity index (χ0v) is 17.7. The molecule has 12 heteroatoms. The maximum Gasteiger partial charge on any atom is 0.244 e. The summed E-state index contributed by atoms with van der Waals surface area (Å²) in [6.45, 7) is 1.69. The molecular formula is C18H21FN4O5S2. The Morgan fingerprint density at radius 3 is 2.33 bits per heavy atom. The summed E-state index contributed by atoms with van der Waals surface area (Å²) in [6.07, 6.45) is 2.73. The van der Waals surface area contributed by atoms with E-state index in [2.05, 4.69) is 9.71 Å². The molecule has 0 unspecified atom stereocenters. The van der Waals surface area contributed by atoms with Crippen molar-refractivity contribution < 1.29 is 26.0 Å². The number of aromatic nitrogens is 1. The van der Waals surface area contributed by atoms with Crippen molar-refractivity contribution in [3.63, 3.8) is 0 Å². The molecule has 1 amide bonds. The van der Waals surface area contributed by atoms with E-state index in [9.17, 15) is 26.0 Å². The number of nitrogens with zero attached hydrogens (tertiary/aromatic N) is 3.